The van der Waals surface area contributed by atoms with E-state index in [0.29, 0.717) is 18.5 Å². The molecule has 0 aliphatic heterocycles. The first-order chi connectivity index (χ1) is 8.65. The van der Waals surface area contributed by atoms with Gasteiger partial charge < -0.3 is 10.6 Å². The van der Waals surface area contributed by atoms with Gasteiger partial charge in [-0.3, -0.25) is 0 Å². The summed E-state index contributed by atoms with van der Waals surface area (Å²) in [4.78, 5) is 11.7. The molecule has 2 N–H and O–H groups in total. The van der Waals surface area contributed by atoms with Crippen molar-refractivity contribution in [3.63, 3.8) is 0 Å². The molecule has 0 aromatic heterocycles. The maximum atomic E-state index is 12.7. The Morgan fingerprint density at radius 2 is 2.06 bits per heavy atom. The van der Waals surface area contributed by atoms with E-state index in [2.05, 4.69) is 17.6 Å². The second kappa shape index (κ2) is 5.85. The van der Waals surface area contributed by atoms with E-state index >= 15 is 0 Å². The van der Waals surface area contributed by atoms with Crippen LogP contribution in [0.4, 0.5) is 9.18 Å². The lowest BCUT2D eigenvalue weighted by Crippen LogP contribution is -2.42. The molecule has 2 atom stereocenters. The predicted octanol–water partition coefficient (Wildman–Crippen LogP) is 2.81. The molecule has 2 amide bonds. The number of benzene rings is 1. The first-order valence-corrected chi connectivity index (χ1v) is 6.44. The van der Waals surface area contributed by atoms with Gasteiger partial charge in [-0.15, -0.1) is 0 Å². The van der Waals surface area contributed by atoms with Crippen LogP contribution in [0.15, 0.2) is 24.3 Å². The largest absolute Gasteiger partial charge is 0.335 e. The number of halogens is 1. The van der Waals surface area contributed by atoms with Crippen molar-refractivity contribution in [2.75, 3.05) is 0 Å². The summed E-state index contributed by atoms with van der Waals surface area (Å²) in [6, 6.07) is 6.29. The van der Waals surface area contributed by atoms with E-state index in [1.54, 1.807) is 12.1 Å². The quantitative estimate of drug-likeness (QED) is 0.851. The number of hydrogen-bond acceptors (Lipinski definition) is 1. The highest BCUT2D eigenvalue weighted by atomic mass is 19.1. The van der Waals surface area contributed by atoms with Crippen LogP contribution in [0.25, 0.3) is 0 Å². The van der Waals surface area contributed by atoms with Crippen LogP contribution < -0.4 is 10.6 Å². The molecule has 0 saturated heterocycles. The van der Waals surface area contributed by atoms with Gasteiger partial charge in [0.25, 0.3) is 0 Å². The van der Waals surface area contributed by atoms with Gasteiger partial charge in [-0.25, -0.2) is 9.18 Å². The van der Waals surface area contributed by atoms with E-state index in [1.807, 2.05) is 0 Å². The van der Waals surface area contributed by atoms with E-state index in [4.69, 9.17) is 0 Å². The second-order valence-electron chi connectivity index (χ2n) is 4.97. The third kappa shape index (κ3) is 3.45. The predicted molar refractivity (Wildman–Crippen MR) is 68.6 cm³/mol. The van der Waals surface area contributed by atoms with Gasteiger partial charge in [-0.1, -0.05) is 25.5 Å². The molecule has 0 bridgehead atoms. The molecule has 0 spiro atoms. The Morgan fingerprint density at radius 3 is 2.67 bits per heavy atom. The highest BCUT2D eigenvalue weighted by molar-refractivity contribution is 5.74. The van der Waals surface area contributed by atoms with Crippen molar-refractivity contribution in [1.29, 1.82) is 0 Å². The first-order valence-electron chi connectivity index (χ1n) is 6.44. The summed E-state index contributed by atoms with van der Waals surface area (Å²) in [5.41, 5.74) is 0.894. The molecule has 18 heavy (non-hydrogen) atoms. The Labute approximate surface area is 107 Å². The minimum Gasteiger partial charge on any atom is -0.335 e. The third-order valence-electron chi connectivity index (χ3n) is 3.54. The van der Waals surface area contributed by atoms with E-state index in [9.17, 15) is 9.18 Å². The van der Waals surface area contributed by atoms with Crippen LogP contribution in [0.1, 0.15) is 31.7 Å². The fourth-order valence-corrected chi connectivity index (χ4v) is 2.36. The average Bonchev–Trinajstić information content (AvgIpc) is 2.74. The molecule has 98 valence electrons. The zero-order valence-corrected chi connectivity index (χ0v) is 10.6. The lowest BCUT2D eigenvalue weighted by molar-refractivity contribution is 0.234. The van der Waals surface area contributed by atoms with E-state index in [-0.39, 0.29) is 11.8 Å². The molecular formula is C14H19FN2O. The van der Waals surface area contributed by atoms with Crippen molar-refractivity contribution < 1.29 is 9.18 Å². The SMILES string of the molecule is CC1CCCC1NC(=O)NCc1ccc(F)cc1. The molecule has 4 heteroatoms. The van der Waals surface area contributed by atoms with Gasteiger partial charge in [-0.2, -0.15) is 0 Å². The van der Waals surface area contributed by atoms with Crippen molar-refractivity contribution in [2.24, 2.45) is 5.92 Å². The molecule has 1 saturated carbocycles. The number of urea groups is 1. The molecule has 1 aromatic rings. The topological polar surface area (TPSA) is 41.1 Å². The summed E-state index contributed by atoms with van der Waals surface area (Å²) in [5.74, 6) is 0.296. The van der Waals surface area contributed by atoms with E-state index in [1.165, 1.54) is 25.0 Å². The Hall–Kier alpha value is -1.58. The minimum atomic E-state index is -0.261. The Morgan fingerprint density at radius 1 is 1.33 bits per heavy atom. The third-order valence-corrected chi connectivity index (χ3v) is 3.54. The summed E-state index contributed by atoms with van der Waals surface area (Å²) >= 11 is 0. The van der Waals surface area contributed by atoms with Crippen LogP contribution in [0, 0.1) is 11.7 Å². The minimum absolute atomic E-state index is 0.141. The van der Waals surface area contributed by atoms with Crippen LogP contribution in [-0.4, -0.2) is 12.1 Å². The summed E-state index contributed by atoms with van der Waals surface area (Å²) in [5, 5.41) is 5.78. The lowest BCUT2D eigenvalue weighted by atomic mass is 10.1. The molecule has 1 aliphatic rings. The maximum absolute atomic E-state index is 12.7. The summed E-state index contributed by atoms with van der Waals surface area (Å²) in [7, 11) is 0. The normalized spacial score (nSPS) is 22.8. The van der Waals surface area contributed by atoms with Crippen molar-refractivity contribution in [1.82, 2.24) is 10.6 Å². The Balaban J connectivity index is 1.76. The summed E-state index contributed by atoms with van der Waals surface area (Å²) < 4.78 is 12.7. The zero-order chi connectivity index (χ0) is 13.0. The Kier molecular flexibility index (Phi) is 4.18. The van der Waals surface area contributed by atoms with Gasteiger partial charge in [0.05, 0.1) is 0 Å². The second-order valence-corrected chi connectivity index (χ2v) is 4.97. The van der Waals surface area contributed by atoms with E-state index in [0.717, 1.165) is 12.0 Å². The maximum Gasteiger partial charge on any atom is 0.315 e. The van der Waals surface area contributed by atoms with Crippen LogP contribution in [0.3, 0.4) is 0 Å². The smallest absolute Gasteiger partial charge is 0.315 e. The number of rotatable bonds is 3. The number of carbonyl (C=O) groups excluding carboxylic acids is 1. The molecule has 1 fully saturated rings. The first kappa shape index (κ1) is 12.9. The number of hydrogen-bond donors (Lipinski definition) is 2. The lowest BCUT2D eigenvalue weighted by Gasteiger charge is -2.17. The number of amides is 2. The fraction of sp³-hybridized carbons (Fsp3) is 0.500. The summed E-state index contributed by atoms with van der Waals surface area (Å²) in [6.45, 7) is 2.59. The van der Waals surface area contributed by atoms with Gasteiger partial charge >= 0.3 is 6.03 Å². The van der Waals surface area contributed by atoms with Gasteiger partial charge in [-0.05, 0) is 36.5 Å². The summed E-state index contributed by atoms with van der Waals surface area (Å²) in [6.07, 6.45) is 3.43. The van der Waals surface area contributed by atoms with Crippen molar-refractivity contribution in [3.8, 4) is 0 Å². The average molecular weight is 250 g/mol. The highest BCUT2D eigenvalue weighted by Gasteiger charge is 2.24. The molecule has 0 radical (unpaired) electrons. The number of carbonyl (C=O) groups is 1. The molecule has 1 aliphatic carbocycles. The molecule has 1 aromatic carbocycles. The van der Waals surface area contributed by atoms with Crippen LogP contribution in [-0.2, 0) is 6.54 Å². The standard InChI is InChI=1S/C14H19FN2O/c1-10-3-2-4-13(10)17-14(18)16-9-11-5-7-12(15)8-6-11/h5-8,10,13H,2-4,9H2,1H3,(H2,16,17,18). The van der Waals surface area contributed by atoms with Crippen molar-refractivity contribution in [3.05, 3.63) is 35.6 Å². The van der Waals surface area contributed by atoms with Gasteiger partial charge in [0, 0.05) is 12.6 Å². The molecule has 2 unspecified atom stereocenters. The van der Waals surface area contributed by atoms with Gasteiger partial charge in [0.2, 0.25) is 0 Å². The molecule has 0 heterocycles. The molecular weight excluding hydrogens is 231 g/mol. The monoisotopic (exact) mass is 250 g/mol. The molecule has 3 nitrogen and oxygen atoms in total. The van der Waals surface area contributed by atoms with Gasteiger partial charge in [0.15, 0.2) is 0 Å². The van der Waals surface area contributed by atoms with Crippen LogP contribution in [0.2, 0.25) is 0 Å². The highest BCUT2D eigenvalue weighted by Crippen LogP contribution is 2.24. The van der Waals surface area contributed by atoms with Crippen LogP contribution >= 0.6 is 0 Å². The van der Waals surface area contributed by atoms with Crippen molar-refractivity contribution in [2.45, 2.75) is 38.8 Å². The fourth-order valence-electron chi connectivity index (χ4n) is 2.36. The van der Waals surface area contributed by atoms with Crippen LogP contribution in [0.5, 0.6) is 0 Å². The van der Waals surface area contributed by atoms with Gasteiger partial charge in [0.1, 0.15) is 5.82 Å². The number of nitrogens with one attached hydrogen (secondary N) is 2. The van der Waals surface area contributed by atoms with E-state index < -0.39 is 0 Å². The molecule has 2 rings (SSSR count). The zero-order valence-electron chi connectivity index (χ0n) is 10.6. The Bertz CT molecular complexity index is 405. The van der Waals surface area contributed by atoms with Crippen molar-refractivity contribution >= 4 is 6.03 Å².